The van der Waals surface area contributed by atoms with Crippen LogP contribution < -0.4 is 5.73 Å². The molecule has 2 aromatic rings. The van der Waals surface area contributed by atoms with Crippen molar-refractivity contribution in [3.8, 4) is 0 Å². The van der Waals surface area contributed by atoms with Crippen molar-refractivity contribution in [3.05, 3.63) is 45.0 Å². The highest BCUT2D eigenvalue weighted by atomic mass is 79.9. The Kier molecular flexibility index (Phi) is 4.61. The van der Waals surface area contributed by atoms with Crippen molar-refractivity contribution in [1.82, 2.24) is 4.90 Å². The number of hydrogen-bond acceptors (Lipinski definition) is 4. The third-order valence-electron chi connectivity index (χ3n) is 2.87. The van der Waals surface area contributed by atoms with Gasteiger partial charge in [0.1, 0.15) is 0 Å². The second-order valence-corrected chi connectivity index (χ2v) is 6.99. The Labute approximate surface area is 120 Å². The number of halogens is 1. The zero-order chi connectivity index (χ0) is 13.1. The normalized spacial score (nSPS) is 14.9. The number of nitrogens with zero attached hydrogens (tertiary/aromatic N) is 1. The minimum atomic E-state index is 0.0763. The van der Waals surface area contributed by atoms with Crippen LogP contribution in [0.15, 0.2) is 38.9 Å². The van der Waals surface area contributed by atoms with Gasteiger partial charge in [0, 0.05) is 23.0 Å². The summed E-state index contributed by atoms with van der Waals surface area (Å²) in [5.41, 5.74) is 7.30. The number of furan rings is 1. The van der Waals surface area contributed by atoms with Gasteiger partial charge in [0.15, 0.2) is 0 Å². The molecule has 18 heavy (non-hydrogen) atoms. The fourth-order valence-corrected chi connectivity index (χ4v) is 3.84. The van der Waals surface area contributed by atoms with Gasteiger partial charge in [-0.15, -0.1) is 11.3 Å². The summed E-state index contributed by atoms with van der Waals surface area (Å²) in [4.78, 5) is 3.54. The van der Waals surface area contributed by atoms with Crippen LogP contribution in [0.3, 0.4) is 0 Å². The third kappa shape index (κ3) is 3.23. The van der Waals surface area contributed by atoms with Crippen LogP contribution >= 0.6 is 27.3 Å². The second-order valence-electron chi connectivity index (χ2n) is 4.49. The monoisotopic (exact) mass is 328 g/mol. The van der Waals surface area contributed by atoms with Gasteiger partial charge in [0.05, 0.1) is 22.4 Å². The molecule has 2 unspecified atom stereocenters. The van der Waals surface area contributed by atoms with Crippen LogP contribution in [0.2, 0.25) is 0 Å². The number of likely N-dealkylation sites (N-methyl/N-ethyl adjacent to an activating group) is 1. The lowest BCUT2D eigenvalue weighted by molar-refractivity contribution is 0.214. The molecule has 98 valence electrons. The Morgan fingerprint density at radius 2 is 2.22 bits per heavy atom. The first kappa shape index (κ1) is 13.8. The molecular formula is C13H17BrN2OS. The van der Waals surface area contributed by atoms with Crippen LogP contribution in [0.5, 0.6) is 0 Å². The third-order valence-corrected chi connectivity index (χ3v) is 4.56. The van der Waals surface area contributed by atoms with Crippen LogP contribution in [-0.2, 0) is 6.54 Å². The van der Waals surface area contributed by atoms with Gasteiger partial charge >= 0.3 is 0 Å². The maximum Gasteiger partial charge on any atom is 0.0947 e. The molecular weight excluding hydrogens is 312 g/mol. The summed E-state index contributed by atoms with van der Waals surface area (Å²) in [5.74, 6) is 0. The van der Waals surface area contributed by atoms with E-state index in [1.54, 1.807) is 23.9 Å². The van der Waals surface area contributed by atoms with Crippen molar-refractivity contribution in [1.29, 1.82) is 0 Å². The highest BCUT2D eigenvalue weighted by Crippen LogP contribution is 2.32. The molecule has 0 aliphatic rings. The van der Waals surface area contributed by atoms with Gasteiger partial charge in [0.2, 0.25) is 0 Å². The molecule has 0 saturated heterocycles. The zero-order valence-corrected chi connectivity index (χ0v) is 12.9. The molecule has 0 aliphatic heterocycles. The summed E-state index contributed by atoms with van der Waals surface area (Å²) >= 11 is 5.24. The average Bonchev–Trinajstić information content (AvgIpc) is 2.90. The standard InChI is InChI=1S/C13H17BrN2OS/c1-9(15)13(11-3-4-12(14)18-11)16(2)7-10-5-6-17-8-10/h3-6,8-9,13H,7,15H2,1-2H3. The van der Waals surface area contributed by atoms with E-state index >= 15 is 0 Å². The van der Waals surface area contributed by atoms with Crippen molar-refractivity contribution in [3.63, 3.8) is 0 Å². The van der Waals surface area contributed by atoms with Crippen LogP contribution in [-0.4, -0.2) is 18.0 Å². The van der Waals surface area contributed by atoms with E-state index in [-0.39, 0.29) is 12.1 Å². The molecule has 0 radical (unpaired) electrons. The van der Waals surface area contributed by atoms with E-state index in [0.29, 0.717) is 0 Å². The average molecular weight is 329 g/mol. The van der Waals surface area contributed by atoms with Gasteiger partial charge in [-0.1, -0.05) is 0 Å². The molecule has 0 aliphatic carbocycles. The van der Waals surface area contributed by atoms with E-state index in [4.69, 9.17) is 10.2 Å². The van der Waals surface area contributed by atoms with Crippen molar-refractivity contribution < 1.29 is 4.42 Å². The quantitative estimate of drug-likeness (QED) is 0.911. The molecule has 3 nitrogen and oxygen atoms in total. The van der Waals surface area contributed by atoms with E-state index < -0.39 is 0 Å². The molecule has 5 heteroatoms. The van der Waals surface area contributed by atoms with E-state index in [1.807, 2.05) is 13.0 Å². The van der Waals surface area contributed by atoms with Gasteiger partial charge in [-0.2, -0.15) is 0 Å². The summed E-state index contributed by atoms with van der Waals surface area (Å²) in [6.45, 7) is 2.88. The minimum absolute atomic E-state index is 0.0763. The smallest absolute Gasteiger partial charge is 0.0947 e. The van der Waals surface area contributed by atoms with Crippen LogP contribution in [0.4, 0.5) is 0 Å². The molecule has 2 heterocycles. The second kappa shape index (κ2) is 6.02. The molecule has 2 aromatic heterocycles. The van der Waals surface area contributed by atoms with Crippen LogP contribution in [0.25, 0.3) is 0 Å². The molecule has 0 bridgehead atoms. The highest BCUT2D eigenvalue weighted by molar-refractivity contribution is 9.11. The maximum atomic E-state index is 6.13. The van der Waals surface area contributed by atoms with Crippen LogP contribution in [0.1, 0.15) is 23.4 Å². The van der Waals surface area contributed by atoms with E-state index in [0.717, 1.165) is 10.3 Å². The van der Waals surface area contributed by atoms with Gasteiger partial charge in [-0.3, -0.25) is 4.90 Å². The summed E-state index contributed by atoms with van der Waals surface area (Å²) in [6.07, 6.45) is 3.48. The Hall–Kier alpha value is -0.620. The first-order valence-electron chi connectivity index (χ1n) is 5.80. The van der Waals surface area contributed by atoms with Crippen molar-refractivity contribution in [2.24, 2.45) is 5.73 Å². The van der Waals surface area contributed by atoms with Crippen LogP contribution in [0, 0.1) is 0 Å². The van der Waals surface area contributed by atoms with E-state index in [2.05, 4.69) is 40.0 Å². The SMILES string of the molecule is CC(N)C(c1ccc(Br)s1)N(C)Cc1ccoc1. The van der Waals surface area contributed by atoms with Crippen molar-refractivity contribution >= 4 is 27.3 Å². The Bertz CT molecular complexity index is 481. The lowest BCUT2D eigenvalue weighted by Crippen LogP contribution is -2.36. The highest BCUT2D eigenvalue weighted by Gasteiger charge is 2.23. The van der Waals surface area contributed by atoms with Gasteiger partial charge in [-0.25, -0.2) is 0 Å². The summed E-state index contributed by atoms with van der Waals surface area (Å²) in [5, 5.41) is 0. The lowest BCUT2D eigenvalue weighted by Gasteiger charge is -2.29. The molecule has 2 rings (SSSR count). The number of thiophene rings is 1. The molecule has 0 saturated carbocycles. The Morgan fingerprint density at radius 1 is 1.44 bits per heavy atom. The summed E-state index contributed by atoms with van der Waals surface area (Å²) < 4.78 is 6.24. The van der Waals surface area contributed by atoms with Gasteiger partial charge in [0.25, 0.3) is 0 Å². The van der Waals surface area contributed by atoms with Gasteiger partial charge in [-0.05, 0) is 48.1 Å². The maximum absolute atomic E-state index is 6.13. The predicted molar refractivity (Wildman–Crippen MR) is 78.6 cm³/mol. The number of nitrogens with two attached hydrogens (primary N) is 1. The largest absolute Gasteiger partial charge is 0.472 e. The zero-order valence-electron chi connectivity index (χ0n) is 10.5. The topological polar surface area (TPSA) is 42.4 Å². The van der Waals surface area contributed by atoms with Crippen molar-refractivity contribution in [2.45, 2.75) is 25.6 Å². The number of rotatable bonds is 5. The van der Waals surface area contributed by atoms with Crippen molar-refractivity contribution in [2.75, 3.05) is 7.05 Å². The lowest BCUT2D eigenvalue weighted by atomic mass is 10.1. The Morgan fingerprint density at radius 3 is 2.72 bits per heavy atom. The first-order chi connectivity index (χ1) is 8.58. The molecule has 2 N–H and O–H groups in total. The number of hydrogen-bond donors (Lipinski definition) is 1. The summed E-state index contributed by atoms with van der Waals surface area (Å²) in [7, 11) is 2.09. The molecule has 0 fully saturated rings. The fourth-order valence-electron chi connectivity index (χ4n) is 2.13. The fraction of sp³-hybridized carbons (Fsp3) is 0.385. The Balaban J connectivity index is 2.15. The summed E-state index contributed by atoms with van der Waals surface area (Å²) in [6, 6.07) is 6.48. The molecule has 2 atom stereocenters. The van der Waals surface area contributed by atoms with E-state index in [9.17, 15) is 0 Å². The molecule has 0 aromatic carbocycles. The van der Waals surface area contributed by atoms with E-state index in [1.165, 1.54) is 10.4 Å². The molecule has 0 spiro atoms. The minimum Gasteiger partial charge on any atom is -0.472 e. The van der Waals surface area contributed by atoms with Gasteiger partial charge < -0.3 is 10.2 Å². The molecule has 0 amide bonds. The predicted octanol–water partition coefficient (Wildman–Crippen LogP) is 3.62. The first-order valence-corrected chi connectivity index (χ1v) is 7.41.